The van der Waals surface area contributed by atoms with E-state index in [2.05, 4.69) is 25.1 Å². The van der Waals surface area contributed by atoms with Gasteiger partial charge in [0.25, 0.3) is 0 Å². The Hall–Kier alpha value is -3.91. The van der Waals surface area contributed by atoms with Crippen LogP contribution in [0.2, 0.25) is 0 Å². The number of ether oxygens (including phenoxy) is 1. The molecular formula is C28H25NO4. The number of nitrogens with zero attached hydrogens (tertiary/aromatic N) is 1. The minimum absolute atomic E-state index is 0.123. The molecule has 1 unspecified atom stereocenters. The van der Waals surface area contributed by atoms with Crippen molar-refractivity contribution >= 4 is 11.8 Å². The smallest absolute Gasteiger partial charge is 0.307 e. The maximum absolute atomic E-state index is 12.8. The van der Waals surface area contributed by atoms with E-state index >= 15 is 0 Å². The van der Waals surface area contributed by atoms with Gasteiger partial charge in [0, 0.05) is 12.0 Å². The number of hydrogen-bond acceptors (Lipinski definition) is 4. The molecule has 0 fully saturated rings. The third-order valence-electron chi connectivity index (χ3n) is 6.09. The molecule has 1 atom stereocenters. The average molecular weight is 440 g/mol. The van der Waals surface area contributed by atoms with Crippen molar-refractivity contribution in [2.75, 3.05) is 0 Å². The summed E-state index contributed by atoms with van der Waals surface area (Å²) in [5.41, 5.74) is 5.50. The van der Waals surface area contributed by atoms with E-state index in [9.17, 15) is 14.9 Å². The summed E-state index contributed by atoms with van der Waals surface area (Å²) in [5, 5.41) is 18.3. The number of hydrogen-bond donors (Lipinski definition) is 1. The van der Waals surface area contributed by atoms with Gasteiger partial charge in [0.2, 0.25) is 0 Å². The molecule has 5 nitrogen and oxygen atoms in total. The van der Waals surface area contributed by atoms with Crippen molar-refractivity contribution < 1.29 is 19.4 Å². The van der Waals surface area contributed by atoms with E-state index < -0.39 is 5.97 Å². The normalized spacial score (nSPS) is 14.7. The maximum Gasteiger partial charge on any atom is 0.307 e. The Labute approximate surface area is 193 Å². The van der Waals surface area contributed by atoms with Crippen molar-refractivity contribution in [2.45, 2.75) is 39.0 Å². The largest absolute Gasteiger partial charge is 0.481 e. The number of carbonyl (C=O) groups excluding carboxylic acids is 1. The predicted molar refractivity (Wildman–Crippen MR) is 125 cm³/mol. The molecular weight excluding hydrogens is 414 g/mol. The van der Waals surface area contributed by atoms with Gasteiger partial charge in [-0.3, -0.25) is 9.59 Å². The second-order valence-corrected chi connectivity index (χ2v) is 8.65. The molecule has 3 aromatic rings. The van der Waals surface area contributed by atoms with Gasteiger partial charge in [-0.05, 0) is 85.2 Å². The number of ketones is 1. The van der Waals surface area contributed by atoms with Crippen LogP contribution in [0.15, 0.2) is 60.7 Å². The number of carboxylic acid groups (broad SMARTS) is 1. The molecule has 0 amide bonds. The summed E-state index contributed by atoms with van der Waals surface area (Å²) in [4.78, 5) is 23.7. The number of benzene rings is 3. The SMILES string of the molecule is Cc1ccc2c(c1)CCC(CC(=O)c1ccc(Oc3ccc(CC(=O)O)cc3C#N)cc1)C2. The van der Waals surface area contributed by atoms with Gasteiger partial charge in [-0.2, -0.15) is 5.26 Å². The minimum Gasteiger partial charge on any atom is -0.481 e. The molecule has 0 aromatic heterocycles. The Morgan fingerprint density at radius 3 is 2.58 bits per heavy atom. The van der Waals surface area contributed by atoms with Crippen molar-refractivity contribution in [1.82, 2.24) is 0 Å². The Bertz CT molecular complexity index is 1240. The lowest BCUT2D eigenvalue weighted by Gasteiger charge is -2.24. The van der Waals surface area contributed by atoms with Crippen LogP contribution in [-0.2, 0) is 24.1 Å². The van der Waals surface area contributed by atoms with Crippen molar-refractivity contribution in [3.05, 3.63) is 94.0 Å². The van der Waals surface area contributed by atoms with Crippen molar-refractivity contribution in [2.24, 2.45) is 5.92 Å². The number of carboxylic acids is 1. The molecule has 0 saturated carbocycles. The highest BCUT2D eigenvalue weighted by Gasteiger charge is 2.22. The third kappa shape index (κ3) is 5.48. The molecule has 166 valence electrons. The van der Waals surface area contributed by atoms with E-state index in [1.165, 1.54) is 22.8 Å². The third-order valence-corrected chi connectivity index (χ3v) is 6.09. The Morgan fingerprint density at radius 1 is 1.06 bits per heavy atom. The van der Waals surface area contributed by atoms with Crippen LogP contribution in [0.5, 0.6) is 11.5 Å². The number of rotatable bonds is 7. The minimum atomic E-state index is -0.958. The molecule has 1 aliphatic carbocycles. The van der Waals surface area contributed by atoms with E-state index in [1.54, 1.807) is 36.4 Å². The number of Topliss-reactive ketones (excluding diaryl/α,β-unsaturated/α-hetero) is 1. The van der Waals surface area contributed by atoms with Crippen LogP contribution in [0, 0.1) is 24.2 Å². The molecule has 5 heteroatoms. The monoisotopic (exact) mass is 439 g/mol. The fourth-order valence-corrected chi connectivity index (χ4v) is 4.39. The molecule has 0 saturated heterocycles. The van der Waals surface area contributed by atoms with E-state index in [1.807, 2.05) is 6.07 Å². The van der Waals surface area contributed by atoms with Crippen LogP contribution in [0.3, 0.4) is 0 Å². The summed E-state index contributed by atoms with van der Waals surface area (Å²) in [6.07, 6.45) is 3.36. The molecule has 3 aromatic carbocycles. The van der Waals surface area contributed by atoms with Gasteiger partial charge in [-0.25, -0.2) is 0 Å². The van der Waals surface area contributed by atoms with Gasteiger partial charge in [0.05, 0.1) is 12.0 Å². The molecule has 0 spiro atoms. The lowest BCUT2D eigenvalue weighted by Crippen LogP contribution is -2.18. The summed E-state index contributed by atoms with van der Waals surface area (Å²) in [6.45, 7) is 2.11. The molecule has 0 heterocycles. The second-order valence-electron chi connectivity index (χ2n) is 8.65. The summed E-state index contributed by atoms with van der Waals surface area (Å²) >= 11 is 0. The zero-order valence-electron chi connectivity index (χ0n) is 18.5. The number of fused-ring (bicyclic) bond motifs is 1. The highest BCUT2D eigenvalue weighted by Crippen LogP contribution is 2.30. The zero-order valence-corrected chi connectivity index (χ0v) is 18.5. The van der Waals surface area contributed by atoms with Crippen LogP contribution < -0.4 is 4.74 Å². The van der Waals surface area contributed by atoms with E-state index in [0.717, 1.165) is 19.3 Å². The Kier molecular flexibility index (Phi) is 6.55. The van der Waals surface area contributed by atoms with E-state index in [4.69, 9.17) is 9.84 Å². The van der Waals surface area contributed by atoms with Gasteiger partial charge in [-0.15, -0.1) is 0 Å². The van der Waals surface area contributed by atoms with E-state index in [-0.39, 0.29) is 17.8 Å². The summed E-state index contributed by atoms with van der Waals surface area (Å²) in [7, 11) is 0. The van der Waals surface area contributed by atoms with Gasteiger partial charge >= 0.3 is 5.97 Å². The molecule has 0 bridgehead atoms. The topological polar surface area (TPSA) is 87.4 Å². The van der Waals surface area contributed by atoms with Crippen LogP contribution in [-0.4, -0.2) is 16.9 Å². The number of carbonyl (C=O) groups is 2. The average Bonchev–Trinajstić information content (AvgIpc) is 2.80. The number of nitriles is 1. The van der Waals surface area contributed by atoms with Crippen LogP contribution in [0.4, 0.5) is 0 Å². The first-order valence-corrected chi connectivity index (χ1v) is 11.1. The van der Waals surface area contributed by atoms with Gasteiger partial charge < -0.3 is 9.84 Å². The van der Waals surface area contributed by atoms with Crippen LogP contribution in [0.25, 0.3) is 0 Å². The molecule has 4 rings (SSSR count). The first kappa shape index (κ1) is 22.3. The first-order chi connectivity index (χ1) is 15.9. The van der Waals surface area contributed by atoms with Gasteiger partial charge in [-0.1, -0.05) is 29.8 Å². The molecule has 1 N–H and O–H groups in total. The summed E-state index contributed by atoms with van der Waals surface area (Å²) in [5.74, 6) is 0.377. The molecule has 1 aliphatic rings. The van der Waals surface area contributed by atoms with Gasteiger partial charge in [0.1, 0.15) is 17.6 Å². The number of aryl methyl sites for hydroxylation is 2. The predicted octanol–water partition coefficient (Wildman–Crippen LogP) is 5.66. The summed E-state index contributed by atoms with van der Waals surface area (Å²) in [6, 6.07) is 20.3. The van der Waals surface area contributed by atoms with Crippen molar-refractivity contribution in [3.63, 3.8) is 0 Å². The van der Waals surface area contributed by atoms with Crippen LogP contribution >= 0.6 is 0 Å². The molecule has 0 aliphatic heterocycles. The molecule has 33 heavy (non-hydrogen) atoms. The van der Waals surface area contributed by atoms with Crippen LogP contribution in [0.1, 0.15) is 51.0 Å². The first-order valence-electron chi connectivity index (χ1n) is 11.1. The lowest BCUT2D eigenvalue weighted by molar-refractivity contribution is -0.136. The Balaban J connectivity index is 1.39. The standard InChI is InChI=1S/C28H25NO4/c1-18-2-5-23-13-19(3-6-22(23)12-18)15-26(30)21-7-9-25(10-8-21)33-27-11-4-20(16-28(31)32)14-24(27)17-29/h2,4-5,7-12,14,19H,3,6,13,15-16H2,1H3,(H,31,32). The highest BCUT2D eigenvalue weighted by molar-refractivity contribution is 5.96. The van der Waals surface area contributed by atoms with Crippen molar-refractivity contribution in [1.29, 1.82) is 5.26 Å². The fraction of sp³-hybridized carbons (Fsp3) is 0.250. The quantitative estimate of drug-likeness (QED) is 0.480. The fourth-order valence-electron chi connectivity index (χ4n) is 4.39. The lowest BCUT2D eigenvalue weighted by atomic mass is 9.80. The Morgan fingerprint density at radius 2 is 1.85 bits per heavy atom. The van der Waals surface area contributed by atoms with E-state index in [0.29, 0.717) is 35.0 Å². The zero-order chi connectivity index (χ0) is 23.4. The maximum atomic E-state index is 12.8. The highest BCUT2D eigenvalue weighted by atomic mass is 16.5. The number of aliphatic carboxylic acids is 1. The second kappa shape index (κ2) is 9.70. The van der Waals surface area contributed by atoms with Crippen molar-refractivity contribution in [3.8, 4) is 17.6 Å². The molecule has 0 radical (unpaired) electrons. The summed E-state index contributed by atoms with van der Waals surface area (Å²) < 4.78 is 5.81. The van der Waals surface area contributed by atoms with Gasteiger partial charge in [0.15, 0.2) is 5.78 Å².